The van der Waals surface area contributed by atoms with Crippen molar-refractivity contribution in [3.8, 4) is 11.8 Å². The van der Waals surface area contributed by atoms with Crippen LogP contribution in [0.25, 0.3) is 0 Å². The van der Waals surface area contributed by atoms with E-state index in [4.69, 9.17) is 9.47 Å². The van der Waals surface area contributed by atoms with Gasteiger partial charge < -0.3 is 9.47 Å². The molecule has 0 saturated carbocycles. The number of anilines is 1. The van der Waals surface area contributed by atoms with Gasteiger partial charge in [-0.25, -0.2) is 4.79 Å². The fourth-order valence-electron chi connectivity index (χ4n) is 2.71. The number of rotatable bonds is 4. The lowest BCUT2D eigenvalue weighted by Crippen LogP contribution is -2.33. The smallest absolute Gasteiger partial charge is 0.339 e. The Labute approximate surface area is 174 Å². The highest BCUT2D eigenvalue weighted by Gasteiger charge is 2.20. The van der Waals surface area contributed by atoms with Crippen LogP contribution >= 0.6 is 0 Å². The molecule has 2 aromatic rings. The number of carbonyl (C=O) groups is 4. The molecule has 2 rings (SSSR count). The van der Waals surface area contributed by atoms with Gasteiger partial charge in [0.2, 0.25) is 11.8 Å². The third-order valence-electron chi connectivity index (χ3n) is 4.01. The largest absolute Gasteiger partial charge is 0.465 e. The Hall–Kier alpha value is -3.92. The molecule has 0 spiro atoms. The number of ether oxygens (including phenoxy) is 2. The Morgan fingerprint density at radius 2 is 1.63 bits per heavy atom. The number of esters is 2. The first-order valence-corrected chi connectivity index (χ1v) is 9.01. The second-order valence-corrected chi connectivity index (χ2v) is 6.33. The van der Waals surface area contributed by atoms with Crippen molar-refractivity contribution in [2.45, 2.75) is 27.4 Å². The number of imide groups is 1. The van der Waals surface area contributed by atoms with Crippen molar-refractivity contribution >= 4 is 29.4 Å². The van der Waals surface area contributed by atoms with Gasteiger partial charge in [0, 0.05) is 31.9 Å². The van der Waals surface area contributed by atoms with Crippen molar-refractivity contribution in [1.29, 1.82) is 0 Å². The highest BCUT2D eigenvalue weighted by atomic mass is 16.5. The van der Waals surface area contributed by atoms with Gasteiger partial charge in [-0.1, -0.05) is 24.0 Å². The summed E-state index contributed by atoms with van der Waals surface area (Å²) in [7, 11) is 1.23. The Bertz CT molecular complexity index is 1050. The molecular weight excluding hydrogens is 386 g/mol. The van der Waals surface area contributed by atoms with E-state index in [2.05, 4.69) is 11.8 Å². The van der Waals surface area contributed by atoms with Crippen LogP contribution in [0.2, 0.25) is 0 Å². The molecule has 0 aliphatic carbocycles. The maximum Gasteiger partial charge on any atom is 0.339 e. The second kappa shape index (κ2) is 10.0. The predicted octanol–water partition coefficient (Wildman–Crippen LogP) is 2.84. The van der Waals surface area contributed by atoms with Crippen LogP contribution in [0.5, 0.6) is 0 Å². The average Bonchev–Trinajstić information content (AvgIpc) is 2.70. The van der Waals surface area contributed by atoms with Gasteiger partial charge in [-0.3, -0.25) is 19.3 Å². The molecule has 0 unspecified atom stereocenters. The maximum atomic E-state index is 12.2. The summed E-state index contributed by atoms with van der Waals surface area (Å²) in [5, 5.41) is 0. The number of carbonyl (C=O) groups excluding carboxylic acids is 4. The minimum absolute atomic E-state index is 0.131. The third kappa shape index (κ3) is 5.79. The molecule has 0 atom stereocenters. The molecule has 0 bridgehead atoms. The van der Waals surface area contributed by atoms with Crippen LogP contribution in [-0.2, 0) is 30.5 Å². The molecule has 30 heavy (non-hydrogen) atoms. The Kier molecular flexibility index (Phi) is 7.48. The van der Waals surface area contributed by atoms with Crippen LogP contribution in [0.1, 0.15) is 47.8 Å². The average molecular weight is 407 g/mol. The Morgan fingerprint density at radius 1 is 0.933 bits per heavy atom. The lowest BCUT2D eigenvalue weighted by Gasteiger charge is -2.18. The van der Waals surface area contributed by atoms with Crippen LogP contribution in [0.3, 0.4) is 0 Å². The lowest BCUT2D eigenvalue weighted by atomic mass is 10.0. The maximum absolute atomic E-state index is 12.2. The fraction of sp³-hybridized carbons (Fsp3) is 0.217. The SMILES string of the molecule is COC(=O)c1cc(N(C(C)=O)C(C)=O)ccc1C#Cc1cccc(COC(C)=O)c1. The van der Waals surface area contributed by atoms with Crippen molar-refractivity contribution in [2.24, 2.45) is 0 Å². The molecule has 0 aliphatic rings. The number of benzene rings is 2. The zero-order valence-corrected chi connectivity index (χ0v) is 17.1. The number of hydrogen-bond acceptors (Lipinski definition) is 6. The van der Waals surface area contributed by atoms with Crippen LogP contribution in [0.15, 0.2) is 42.5 Å². The minimum atomic E-state index is -0.642. The second-order valence-electron chi connectivity index (χ2n) is 6.33. The normalized spacial score (nSPS) is 9.73. The van der Waals surface area contributed by atoms with E-state index < -0.39 is 17.8 Å². The van der Waals surface area contributed by atoms with E-state index in [1.807, 2.05) is 0 Å². The first-order chi connectivity index (χ1) is 14.2. The first kappa shape index (κ1) is 22.4. The molecule has 0 aromatic heterocycles. The zero-order chi connectivity index (χ0) is 22.3. The van der Waals surface area contributed by atoms with Gasteiger partial charge in [0.15, 0.2) is 0 Å². The molecular formula is C23H21NO6. The topological polar surface area (TPSA) is 90.0 Å². The summed E-state index contributed by atoms with van der Waals surface area (Å²) in [5.41, 5.74) is 2.20. The van der Waals surface area contributed by atoms with Gasteiger partial charge >= 0.3 is 11.9 Å². The van der Waals surface area contributed by atoms with E-state index in [9.17, 15) is 19.2 Å². The van der Waals surface area contributed by atoms with Gasteiger partial charge in [0.25, 0.3) is 0 Å². The van der Waals surface area contributed by atoms with Crippen LogP contribution < -0.4 is 4.90 Å². The lowest BCUT2D eigenvalue weighted by molar-refractivity contribution is -0.142. The third-order valence-corrected chi connectivity index (χ3v) is 4.01. The molecule has 0 N–H and O–H groups in total. The molecule has 154 valence electrons. The number of amides is 2. The molecule has 0 aliphatic heterocycles. The monoisotopic (exact) mass is 407 g/mol. The molecule has 7 heteroatoms. The summed E-state index contributed by atoms with van der Waals surface area (Å²) in [4.78, 5) is 47.7. The summed E-state index contributed by atoms with van der Waals surface area (Å²) < 4.78 is 9.79. The molecule has 0 radical (unpaired) electrons. The summed E-state index contributed by atoms with van der Waals surface area (Å²) in [5.74, 6) is 3.91. The van der Waals surface area contributed by atoms with E-state index >= 15 is 0 Å². The van der Waals surface area contributed by atoms with E-state index in [-0.39, 0.29) is 23.8 Å². The summed E-state index contributed by atoms with van der Waals surface area (Å²) in [6.45, 7) is 3.99. The standard InChI is InChI=1S/C23H21NO6/c1-15(25)24(16(2)26)21-11-10-20(22(13-21)23(28)29-4)9-8-18-6-5-7-19(12-18)14-30-17(3)27/h5-7,10-13H,14H2,1-4H3. The predicted molar refractivity (Wildman–Crippen MR) is 110 cm³/mol. The number of nitrogens with zero attached hydrogens (tertiary/aromatic N) is 1. The van der Waals surface area contributed by atoms with E-state index in [1.54, 1.807) is 30.3 Å². The van der Waals surface area contributed by atoms with E-state index in [1.165, 1.54) is 40.0 Å². The molecule has 0 heterocycles. The Balaban J connectivity index is 2.42. The van der Waals surface area contributed by atoms with Gasteiger partial charge in [-0.2, -0.15) is 0 Å². The van der Waals surface area contributed by atoms with E-state index in [0.29, 0.717) is 11.1 Å². The molecule has 0 saturated heterocycles. The van der Waals surface area contributed by atoms with Gasteiger partial charge in [-0.15, -0.1) is 0 Å². The van der Waals surface area contributed by atoms with Crippen molar-refractivity contribution in [1.82, 2.24) is 0 Å². The van der Waals surface area contributed by atoms with Gasteiger partial charge in [0.05, 0.1) is 18.4 Å². The fourth-order valence-corrected chi connectivity index (χ4v) is 2.71. The molecule has 7 nitrogen and oxygen atoms in total. The van der Waals surface area contributed by atoms with Gasteiger partial charge in [0.1, 0.15) is 6.61 Å². The highest BCUT2D eigenvalue weighted by molar-refractivity contribution is 6.13. The molecule has 2 amide bonds. The van der Waals surface area contributed by atoms with Crippen molar-refractivity contribution in [3.05, 3.63) is 64.7 Å². The van der Waals surface area contributed by atoms with Crippen molar-refractivity contribution in [2.75, 3.05) is 12.0 Å². The highest BCUT2D eigenvalue weighted by Crippen LogP contribution is 2.21. The van der Waals surface area contributed by atoms with Crippen LogP contribution in [0.4, 0.5) is 5.69 Å². The minimum Gasteiger partial charge on any atom is -0.465 e. The molecule has 0 fully saturated rings. The number of hydrogen-bond donors (Lipinski definition) is 0. The number of methoxy groups -OCH3 is 1. The van der Waals surface area contributed by atoms with Gasteiger partial charge in [-0.05, 0) is 35.9 Å². The summed E-state index contributed by atoms with van der Waals surface area (Å²) in [6.07, 6.45) is 0. The quantitative estimate of drug-likeness (QED) is 0.572. The molecule has 2 aromatic carbocycles. The summed E-state index contributed by atoms with van der Waals surface area (Å²) in [6, 6.07) is 11.6. The zero-order valence-electron chi connectivity index (χ0n) is 17.1. The van der Waals surface area contributed by atoms with Crippen LogP contribution in [-0.4, -0.2) is 30.9 Å². The van der Waals surface area contributed by atoms with Crippen molar-refractivity contribution < 1.29 is 28.7 Å². The van der Waals surface area contributed by atoms with E-state index in [0.717, 1.165) is 10.5 Å². The Morgan fingerprint density at radius 3 is 2.23 bits per heavy atom. The first-order valence-electron chi connectivity index (χ1n) is 9.01. The van der Waals surface area contributed by atoms with Crippen molar-refractivity contribution in [3.63, 3.8) is 0 Å². The summed E-state index contributed by atoms with van der Waals surface area (Å²) >= 11 is 0. The van der Waals surface area contributed by atoms with Crippen LogP contribution in [0, 0.1) is 11.8 Å².